The molecular formula is C23H28NO3S2+. The van der Waals surface area contributed by atoms with E-state index in [4.69, 9.17) is 0 Å². The predicted molar refractivity (Wildman–Crippen MR) is 120 cm³/mol. The number of hydrogen-bond donors (Lipinski definition) is 1. The summed E-state index contributed by atoms with van der Waals surface area (Å²) >= 11 is 3.37. The van der Waals surface area contributed by atoms with Crippen molar-refractivity contribution in [2.45, 2.75) is 42.2 Å². The van der Waals surface area contributed by atoms with Crippen LogP contribution in [-0.2, 0) is 10.5 Å². The first-order valence-corrected chi connectivity index (χ1v) is 12.0. The van der Waals surface area contributed by atoms with E-state index in [0.29, 0.717) is 12.3 Å². The van der Waals surface area contributed by atoms with Crippen molar-refractivity contribution in [3.05, 3.63) is 66.2 Å². The summed E-state index contributed by atoms with van der Waals surface area (Å²) in [7, 11) is 0. The normalized spacial score (nSPS) is 24.9. The van der Waals surface area contributed by atoms with Crippen LogP contribution in [0.5, 0.6) is 0 Å². The standard InChI is InChI=1S/C23H27NO3S2/c1-17(15-28-16-19-9-5-3-6-10-19)22(25)24(23(26)27)14-21(13-18(24)2)29-20-11-7-4-8-12-20/h3-12,17-18,21H,13-16H2,1-2H3/p+1/t17?,18-,21-,24-/m1/s1. The van der Waals surface area contributed by atoms with Gasteiger partial charge in [-0.25, -0.2) is 4.79 Å². The molecule has 1 N–H and O–H groups in total. The third kappa shape index (κ3) is 5.05. The van der Waals surface area contributed by atoms with Gasteiger partial charge in [-0.05, 0) is 31.5 Å². The van der Waals surface area contributed by atoms with Crippen molar-refractivity contribution in [2.75, 3.05) is 12.3 Å². The van der Waals surface area contributed by atoms with Crippen molar-refractivity contribution < 1.29 is 19.2 Å². The van der Waals surface area contributed by atoms with E-state index in [1.165, 1.54) is 5.56 Å². The molecule has 0 aromatic heterocycles. The average Bonchev–Trinajstić information content (AvgIpc) is 3.05. The summed E-state index contributed by atoms with van der Waals surface area (Å²) in [5, 5.41) is 10.2. The minimum Gasteiger partial charge on any atom is -0.435 e. The predicted octanol–water partition coefficient (Wildman–Crippen LogP) is 5.53. The Kier molecular flexibility index (Phi) is 7.44. The van der Waals surface area contributed by atoms with Gasteiger partial charge in [0, 0.05) is 22.8 Å². The fourth-order valence-corrected chi connectivity index (χ4v) is 6.40. The molecule has 1 fully saturated rings. The van der Waals surface area contributed by atoms with Gasteiger partial charge in [0.2, 0.25) is 0 Å². The summed E-state index contributed by atoms with van der Waals surface area (Å²) in [5.74, 6) is 0.988. The number of quaternary nitrogens is 1. The Labute approximate surface area is 181 Å². The van der Waals surface area contributed by atoms with Gasteiger partial charge in [-0.15, -0.1) is 11.8 Å². The minimum absolute atomic E-state index is 0.122. The summed E-state index contributed by atoms with van der Waals surface area (Å²) in [5.41, 5.74) is 1.22. The zero-order valence-electron chi connectivity index (χ0n) is 16.9. The summed E-state index contributed by atoms with van der Waals surface area (Å²) < 4.78 is -0.447. The first-order chi connectivity index (χ1) is 13.9. The lowest BCUT2D eigenvalue weighted by Crippen LogP contribution is -2.60. The Bertz CT molecular complexity index is 831. The van der Waals surface area contributed by atoms with Crippen LogP contribution in [0.25, 0.3) is 0 Å². The molecule has 6 heteroatoms. The SMILES string of the molecule is CC(CSCc1ccccc1)C(=O)[N@@+]1(C(=O)O)C[C@H](Sc2ccccc2)C[C@H]1C. The fraction of sp³-hybridized carbons (Fsp3) is 0.391. The Morgan fingerprint density at radius 3 is 2.34 bits per heavy atom. The number of hydrogen-bond acceptors (Lipinski definition) is 4. The molecule has 1 unspecified atom stereocenters. The van der Waals surface area contributed by atoms with E-state index >= 15 is 0 Å². The topological polar surface area (TPSA) is 54.4 Å². The number of benzene rings is 2. The quantitative estimate of drug-likeness (QED) is 0.585. The van der Waals surface area contributed by atoms with Gasteiger partial charge in [-0.1, -0.05) is 48.5 Å². The molecule has 0 aliphatic carbocycles. The van der Waals surface area contributed by atoms with Gasteiger partial charge in [0.1, 0.15) is 12.6 Å². The Balaban J connectivity index is 1.65. The van der Waals surface area contributed by atoms with E-state index < -0.39 is 10.6 Å². The summed E-state index contributed by atoms with van der Waals surface area (Å²) in [4.78, 5) is 26.8. The highest BCUT2D eigenvalue weighted by molar-refractivity contribution is 8.00. The number of carbonyl (C=O) groups is 2. The maximum Gasteiger partial charge on any atom is 0.521 e. The summed E-state index contributed by atoms with van der Waals surface area (Å²) in [6.07, 6.45) is -0.292. The Morgan fingerprint density at radius 1 is 1.10 bits per heavy atom. The highest BCUT2D eigenvalue weighted by Gasteiger charge is 2.57. The Hall–Kier alpha value is -1.76. The first-order valence-electron chi connectivity index (χ1n) is 9.92. The molecule has 0 spiro atoms. The fourth-order valence-electron chi connectivity index (χ4n) is 3.97. The zero-order chi connectivity index (χ0) is 20.9. The lowest BCUT2D eigenvalue weighted by Gasteiger charge is -2.31. The molecule has 3 rings (SSSR count). The van der Waals surface area contributed by atoms with Crippen molar-refractivity contribution in [3.8, 4) is 0 Å². The van der Waals surface area contributed by atoms with E-state index in [0.717, 1.165) is 17.1 Å². The van der Waals surface area contributed by atoms with Gasteiger partial charge in [0.15, 0.2) is 0 Å². The van der Waals surface area contributed by atoms with Gasteiger partial charge in [0.25, 0.3) is 0 Å². The smallest absolute Gasteiger partial charge is 0.435 e. The van der Waals surface area contributed by atoms with Crippen molar-refractivity contribution in [3.63, 3.8) is 0 Å². The van der Waals surface area contributed by atoms with Crippen molar-refractivity contribution >= 4 is 35.5 Å². The van der Waals surface area contributed by atoms with E-state index in [1.807, 2.05) is 62.4 Å². The van der Waals surface area contributed by atoms with E-state index in [-0.39, 0.29) is 23.1 Å². The lowest BCUT2D eigenvalue weighted by atomic mass is 10.1. The summed E-state index contributed by atoms with van der Waals surface area (Å²) in [6.45, 7) is 4.12. The van der Waals surface area contributed by atoms with Crippen LogP contribution >= 0.6 is 23.5 Å². The molecule has 1 heterocycles. The molecular weight excluding hydrogens is 402 g/mol. The van der Waals surface area contributed by atoms with Gasteiger partial charge >= 0.3 is 12.0 Å². The number of carboxylic acid groups (broad SMARTS) is 1. The molecule has 154 valence electrons. The molecule has 2 aromatic carbocycles. The molecule has 1 aliphatic heterocycles. The third-order valence-electron chi connectivity index (χ3n) is 5.53. The van der Waals surface area contributed by atoms with Crippen LogP contribution in [0.2, 0.25) is 0 Å². The molecule has 0 bridgehead atoms. The second-order valence-corrected chi connectivity index (χ2v) is 10.1. The van der Waals surface area contributed by atoms with E-state index in [2.05, 4.69) is 12.1 Å². The number of thioether (sulfide) groups is 2. The minimum atomic E-state index is -1.02. The van der Waals surface area contributed by atoms with Crippen LogP contribution in [0, 0.1) is 5.92 Å². The molecule has 0 radical (unpaired) electrons. The average molecular weight is 431 g/mol. The molecule has 2 amide bonds. The maximum absolute atomic E-state index is 13.3. The van der Waals surface area contributed by atoms with Crippen LogP contribution in [-0.4, -0.2) is 45.2 Å². The van der Waals surface area contributed by atoms with E-state index in [1.54, 1.807) is 23.5 Å². The number of amides is 2. The zero-order valence-corrected chi connectivity index (χ0v) is 18.5. The molecule has 4 atom stereocenters. The molecule has 0 saturated carbocycles. The maximum atomic E-state index is 13.3. The number of nitrogens with zero attached hydrogens (tertiary/aromatic N) is 1. The molecule has 4 nitrogen and oxygen atoms in total. The summed E-state index contributed by atoms with van der Waals surface area (Å²) in [6, 6.07) is 19.9. The largest absolute Gasteiger partial charge is 0.521 e. The monoisotopic (exact) mass is 430 g/mol. The van der Waals surface area contributed by atoms with Gasteiger partial charge in [-0.2, -0.15) is 21.0 Å². The number of carbonyl (C=O) groups excluding carboxylic acids is 1. The third-order valence-corrected chi connectivity index (χ3v) is 8.02. The number of rotatable bonds is 7. The van der Waals surface area contributed by atoms with E-state index in [9.17, 15) is 14.7 Å². The van der Waals surface area contributed by atoms with Crippen LogP contribution in [0.1, 0.15) is 25.8 Å². The molecule has 1 saturated heterocycles. The highest BCUT2D eigenvalue weighted by atomic mass is 32.2. The van der Waals surface area contributed by atoms with Crippen molar-refractivity contribution in [1.29, 1.82) is 0 Å². The van der Waals surface area contributed by atoms with Gasteiger partial charge in [0.05, 0.1) is 11.2 Å². The van der Waals surface area contributed by atoms with Crippen LogP contribution in [0.4, 0.5) is 4.79 Å². The van der Waals surface area contributed by atoms with Gasteiger partial charge < -0.3 is 5.11 Å². The second kappa shape index (κ2) is 9.83. The first kappa shape index (κ1) is 21.9. The second-order valence-electron chi connectivity index (χ2n) is 7.71. The van der Waals surface area contributed by atoms with Crippen LogP contribution in [0.3, 0.4) is 0 Å². The number of likely N-dealkylation sites (tertiary alicyclic amines) is 1. The molecule has 29 heavy (non-hydrogen) atoms. The van der Waals surface area contributed by atoms with Gasteiger partial charge in [-0.3, -0.25) is 0 Å². The van der Waals surface area contributed by atoms with Crippen LogP contribution < -0.4 is 0 Å². The van der Waals surface area contributed by atoms with Crippen molar-refractivity contribution in [2.24, 2.45) is 5.92 Å². The number of imide groups is 1. The Morgan fingerprint density at radius 2 is 1.72 bits per heavy atom. The highest BCUT2D eigenvalue weighted by Crippen LogP contribution is 2.39. The van der Waals surface area contributed by atoms with Crippen molar-refractivity contribution in [1.82, 2.24) is 0 Å². The lowest BCUT2D eigenvalue weighted by molar-refractivity contribution is -0.793. The van der Waals surface area contributed by atoms with Crippen LogP contribution in [0.15, 0.2) is 65.6 Å². The molecule has 1 aliphatic rings. The molecule has 2 aromatic rings.